The highest BCUT2D eigenvalue weighted by atomic mass is 32.2. The van der Waals surface area contributed by atoms with Crippen molar-refractivity contribution in [3.05, 3.63) is 48.0 Å². The van der Waals surface area contributed by atoms with Crippen LogP contribution in [0.3, 0.4) is 0 Å². The van der Waals surface area contributed by atoms with Crippen LogP contribution < -0.4 is 19.1 Å². The lowest BCUT2D eigenvalue weighted by Crippen LogP contribution is -2.41. The Morgan fingerprint density at radius 1 is 1.12 bits per heavy atom. The van der Waals surface area contributed by atoms with E-state index in [1.807, 2.05) is 19.1 Å². The molecule has 0 aromatic heterocycles. The van der Waals surface area contributed by atoms with E-state index in [0.29, 0.717) is 31.3 Å². The second-order valence-electron chi connectivity index (χ2n) is 6.58. The fourth-order valence-corrected chi connectivity index (χ4v) is 4.57. The number of ether oxygens (including phenoxy) is 2. The Balaban J connectivity index is 1.45. The maximum Gasteiger partial charge on any atom is 0.240 e. The molecule has 1 atom stereocenters. The second-order valence-corrected chi connectivity index (χ2v) is 8.35. The number of hydrogen-bond donors (Lipinski definition) is 1. The number of anilines is 1. The summed E-state index contributed by atoms with van der Waals surface area (Å²) in [4.78, 5) is 2.44. The van der Waals surface area contributed by atoms with Gasteiger partial charge in [-0.1, -0.05) is 18.2 Å². The van der Waals surface area contributed by atoms with Crippen LogP contribution in [0.1, 0.15) is 12.5 Å². The number of nitrogens with zero attached hydrogens (tertiary/aromatic N) is 1. The molecule has 2 aliphatic heterocycles. The summed E-state index contributed by atoms with van der Waals surface area (Å²) in [6, 6.07) is 13.0. The molecular formula is C19H22N2O4S. The van der Waals surface area contributed by atoms with Crippen LogP contribution in [0.5, 0.6) is 11.5 Å². The molecular weight excluding hydrogens is 352 g/mol. The van der Waals surface area contributed by atoms with E-state index in [-0.39, 0.29) is 10.9 Å². The third-order valence-electron chi connectivity index (χ3n) is 4.85. The molecule has 0 spiro atoms. The first kappa shape index (κ1) is 17.2. The third-order valence-corrected chi connectivity index (χ3v) is 6.27. The Morgan fingerprint density at radius 3 is 2.73 bits per heavy atom. The molecule has 2 aliphatic rings. The van der Waals surface area contributed by atoms with Gasteiger partial charge in [-0.25, -0.2) is 13.1 Å². The molecule has 0 aliphatic carbocycles. The van der Waals surface area contributed by atoms with Crippen LogP contribution >= 0.6 is 0 Å². The van der Waals surface area contributed by atoms with E-state index in [1.165, 1.54) is 17.3 Å². The Kier molecular flexibility index (Phi) is 4.50. The first-order valence-corrected chi connectivity index (χ1v) is 10.3. The van der Waals surface area contributed by atoms with Crippen molar-refractivity contribution in [3.8, 4) is 11.5 Å². The van der Waals surface area contributed by atoms with Gasteiger partial charge in [-0.2, -0.15) is 0 Å². The quantitative estimate of drug-likeness (QED) is 0.869. The van der Waals surface area contributed by atoms with Crippen LogP contribution in [0.25, 0.3) is 0 Å². The van der Waals surface area contributed by atoms with Crippen molar-refractivity contribution in [2.75, 3.05) is 31.2 Å². The molecule has 7 heteroatoms. The summed E-state index contributed by atoms with van der Waals surface area (Å²) >= 11 is 0. The number of rotatable bonds is 5. The third kappa shape index (κ3) is 3.24. The number of hydrogen-bond acceptors (Lipinski definition) is 5. The van der Waals surface area contributed by atoms with Crippen molar-refractivity contribution in [3.63, 3.8) is 0 Å². The fraction of sp³-hybridized carbons (Fsp3) is 0.368. The Hall–Kier alpha value is -2.25. The smallest absolute Gasteiger partial charge is 0.240 e. The van der Waals surface area contributed by atoms with Gasteiger partial charge in [0.2, 0.25) is 10.0 Å². The van der Waals surface area contributed by atoms with Crippen molar-refractivity contribution in [1.29, 1.82) is 0 Å². The number of fused-ring (bicyclic) bond motifs is 2. The molecule has 6 nitrogen and oxygen atoms in total. The monoisotopic (exact) mass is 374 g/mol. The van der Waals surface area contributed by atoms with Gasteiger partial charge in [0, 0.05) is 30.9 Å². The molecule has 1 N–H and O–H groups in total. The fourth-order valence-electron chi connectivity index (χ4n) is 3.44. The number of benzene rings is 2. The molecule has 0 fully saturated rings. The normalized spacial score (nSPS) is 17.0. The van der Waals surface area contributed by atoms with Crippen molar-refractivity contribution >= 4 is 15.7 Å². The number of nitrogens with one attached hydrogen (secondary N) is 1. The van der Waals surface area contributed by atoms with Gasteiger partial charge in [-0.05, 0) is 37.1 Å². The van der Waals surface area contributed by atoms with Crippen molar-refractivity contribution in [1.82, 2.24) is 4.72 Å². The highest BCUT2D eigenvalue weighted by molar-refractivity contribution is 7.89. The summed E-state index contributed by atoms with van der Waals surface area (Å²) in [7, 11) is -3.61. The van der Waals surface area contributed by atoms with Crippen LogP contribution in [0, 0.1) is 0 Å². The average molecular weight is 374 g/mol. The highest BCUT2D eigenvalue weighted by Crippen LogP contribution is 2.32. The van der Waals surface area contributed by atoms with E-state index in [9.17, 15) is 8.42 Å². The molecule has 2 aromatic carbocycles. The SMILES string of the molecule is CC(CNS(=O)(=O)c1ccc2c(c1)OCCO2)N1CCc2ccccc21. The van der Waals surface area contributed by atoms with Gasteiger partial charge in [-0.15, -0.1) is 0 Å². The van der Waals surface area contributed by atoms with E-state index in [0.717, 1.165) is 13.0 Å². The largest absolute Gasteiger partial charge is 0.486 e. The molecule has 2 heterocycles. The lowest BCUT2D eigenvalue weighted by Gasteiger charge is -2.27. The first-order chi connectivity index (χ1) is 12.5. The molecule has 0 saturated carbocycles. The van der Waals surface area contributed by atoms with Gasteiger partial charge in [0.1, 0.15) is 13.2 Å². The van der Waals surface area contributed by atoms with E-state index in [1.54, 1.807) is 12.1 Å². The summed E-state index contributed by atoms with van der Waals surface area (Å²) in [6.45, 7) is 4.19. The van der Waals surface area contributed by atoms with Crippen molar-refractivity contribution in [2.24, 2.45) is 0 Å². The molecule has 0 radical (unpaired) electrons. The molecule has 0 saturated heterocycles. The van der Waals surface area contributed by atoms with Crippen LogP contribution in [0.4, 0.5) is 5.69 Å². The van der Waals surface area contributed by atoms with Crippen molar-refractivity contribution < 1.29 is 17.9 Å². The molecule has 1 unspecified atom stereocenters. The predicted molar refractivity (Wildman–Crippen MR) is 99.6 cm³/mol. The van der Waals surface area contributed by atoms with Gasteiger partial charge in [0.15, 0.2) is 11.5 Å². The van der Waals surface area contributed by atoms with Crippen LogP contribution in [0.15, 0.2) is 47.4 Å². The van der Waals surface area contributed by atoms with Crippen LogP contribution in [-0.2, 0) is 16.4 Å². The lowest BCUT2D eigenvalue weighted by molar-refractivity contribution is 0.171. The van der Waals surface area contributed by atoms with E-state index in [2.05, 4.69) is 21.8 Å². The Bertz CT molecular complexity index is 914. The minimum atomic E-state index is -3.61. The zero-order valence-corrected chi connectivity index (χ0v) is 15.5. The molecule has 4 rings (SSSR count). The number of para-hydroxylation sites is 1. The van der Waals surface area contributed by atoms with E-state index < -0.39 is 10.0 Å². The highest BCUT2D eigenvalue weighted by Gasteiger charge is 2.25. The lowest BCUT2D eigenvalue weighted by atomic mass is 10.2. The summed E-state index contributed by atoms with van der Waals surface area (Å²) in [5.41, 5.74) is 2.51. The standard InChI is InChI=1S/C19H22N2O4S/c1-14(21-9-8-15-4-2-3-5-17(15)21)13-20-26(22,23)16-6-7-18-19(12-16)25-11-10-24-18/h2-7,12,14,20H,8-11,13H2,1H3. The average Bonchev–Trinajstić information content (AvgIpc) is 3.10. The van der Waals surface area contributed by atoms with Gasteiger partial charge in [0.25, 0.3) is 0 Å². The van der Waals surface area contributed by atoms with Gasteiger partial charge in [-0.3, -0.25) is 0 Å². The minimum absolute atomic E-state index is 0.0608. The topological polar surface area (TPSA) is 67.9 Å². The summed E-state index contributed by atoms with van der Waals surface area (Å²) < 4.78 is 39.0. The molecule has 26 heavy (non-hydrogen) atoms. The Labute approximate surface area is 153 Å². The summed E-state index contributed by atoms with van der Waals surface area (Å²) in [5.74, 6) is 1.05. The van der Waals surface area contributed by atoms with Gasteiger partial charge < -0.3 is 14.4 Å². The number of sulfonamides is 1. The Morgan fingerprint density at radius 2 is 1.88 bits per heavy atom. The molecule has 2 aromatic rings. The van der Waals surface area contributed by atoms with Crippen LogP contribution in [0.2, 0.25) is 0 Å². The maximum atomic E-state index is 12.7. The molecule has 0 bridgehead atoms. The van der Waals surface area contributed by atoms with Crippen LogP contribution in [-0.4, -0.2) is 40.8 Å². The second kappa shape index (κ2) is 6.81. The predicted octanol–water partition coefficient (Wildman–Crippen LogP) is 2.19. The van der Waals surface area contributed by atoms with Crippen molar-refractivity contribution in [2.45, 2.75) is 24.3 Å². The zero-order chi connectivity index (χ0) is 18.1. The maximum absolute atomic E-state index is 12.7. The zero-order valence-electron chi connectivity index (χ0n) is 14.6. The first-order valence-electron chi connectivity index (χ1n) is 8.78. The van der Waals surface area contributed by atoms with E-state index >= 15 is 0 Å². The summed E-state index contributed by atoms with van der Waals surface area (Å²) in [5, 5.41) is 0. The summed E-state index contributed by atoms with van der Waals surface area (Å²) in [6.07, 6.45) is 0.995. The molecule has 138 valence electrons. The minimum Gasteiger partial charge on any atom is -0.486 e. The van der Waals surface area contributed by atoms with Gasteiger partial charge in [0.05, 0.1) is 4.90 Å². The van der Waals surface area contributed by atoms with E-state index in [4.69, 9.17) is 9.47 Å². The van der Waals surface area contributed by atoms with Gasteiger partial charge >= 0.3 is 0 Å². The molecule has 0 amide bonds.